The van der Waals surface area contributed by atoms with Crippen molar-refractivity contribution < 1.29 is 23.1 Å². The zero-order chi connectivity index (χ0) is 13.8. The van der Waals surface area contributed by atoms with E-state index in [1.54, 1.807) is 24.3 Å². The fourth-order valence-electron chi connectivity index (χ4n) is 1.48. The molecule has 0 bridgehead atoms. The van der Waals surface area contributed by atoms with Gasteiger partial charge in [-0.25, -0.2) is 0 Å². The summed E-state index contributed by atoms with van der Waals surface area (Å²) < 4.78 is 36.5. The predicted molar refractivity (Wildman–Crippen MR) is 61.7 cm³/mol. The Morgan fingerprint density at radius 1 is 1.28 bits per heavy atom. The Kier molecular flexibility index (Phi) is 4.58. The minimum atomic E-state index is -4.29. The first kappa shape index (κ1) is 14.3. The second-order valence-corrected chi connectivity index (χ2v) is 4.02. The first-order chi connectivity index (χ1) is 8.28. The lowest BCUT2D eigenvalue weighted by Crippen LogP contribution is -2.33. The fraction of sp³-hybridized carbons (Fsp3) is 0.417. The zero-order valence-electron chi connectivity index (χ0n) is 9.87. The van der Waals surface area contributed by atoms with E-state index in [-0.39, 0.29) is 6.54 Å². The number of hydrogen-bond acceptors (Lipinski definition) is 2. The molecule has 100 valence electrons. The quantitative estimate of drug-likeness (QED) is 0.886. The molecule has 0 spiro atoms. The first-order valence-corrected chi connectivity index (χ1v) is 5.38. The summed E-state index contributed by atoms with van der Waals surface area (Å²) in [6.07, 6.45) is -5.32. The Balaban J connectivity index is 2.77. The molecule has 6 heteroatoms. The lowest BCUT2D eigenvalue weighted by atomic mass is 10.2. The van der Waals surface area contributed by atoms with E-state index in [2.05, 4.69) is 0 Å². The summed E-state index contributed by atoms with van der Waals surface area (Å²) in [5, 5.41) is 8.71. The lowest BCUT2D eigenvalue weighted by Gasteiger charge is -2.23. The number of carboxylic acid groups (broad SMARTS) is 1. The maximum Gasteiger partial charge on any atom is 0.390 e. The number of anilines is 1. The number of hydrogen-bond donors (Lipinski definition) is 1. The fourth-order valence-corrected chi connectivity index (χ4v) is 1.48. The highest BCUT2D eigenvalue weighted by atomic mass is 19.4. The van der Waals surface area contributed by atoms with Crippen molar-refractivity contribution in [1.29, 1.82) is 0 Å². The smallest absolute Gasteiger partial charge is 0.390 e. The molecule has 0 fully saturated rings. The molecule has 0 unspecified atom stereocenters. The Morgan fingerprint density at radius 2 is 1.83 bits per heavy atom. The number of halogens is 3. The largest absolute Gasteiger partial charge is 0.480 e. The Hall–Kier alpha value is -1.72. The van der Waals surface area contributed by atoms with Crippen molar-refractivity contribution in [3.05, 3.63) is 29.8 Å². The van der Waals surface area contributed by atoms with Crippen LogP contribution in [-0.2, 0) is 4.79 Å². The van der Waals surface area contributed by atoms with Gasteiger partial charge >= 0.3 is 12.1 Å². The summed E-state index contributed by atoms with van der Waals surface area (Å²) in [7, 11) is 0. The molecule has 3 nitrogen and oxygen atoms in total. The van der Waals surface area contributed by atoms with Crippen LogP contribution in [0.5, 0.6) is 0 Å². The average molecular weight is 261 g/mol. The van der Waals surface area contributed by atoms with Gasteiger partial charge in [0.2, 0.25) is 0 Å². The van der Waals surface area contributed by atoms with E-state index in [0.29, 0.717) is 5.69 Å². The molecular weight excluding hydrogens is 247 g/mol. The normalized spacial score (nSPS) is 11.3. The van der Waals surface area contributed by atoms with Gasteiger partial charge in [0.1, 0.15) is 6.54 Å². The van der Waals surface area contributed by atoms with E-state index < -0.39 is 25.1 Å². The molecule has 1 N–H and O–H groups in total. The van der Waals surface area contributed by atoms with Crippen LogP contribution in [0.15, 0.2) is 24.3 Å². The highest BCUT2D eigenvalue weighted by Gasteiger charge is 2.28. The van der Waals surface area contributed by atoms with E-state index >= 15 is 0 Å². The van der Waals surface area contributed by atoms with Gasteiger partial charge in [-0.1, -0.05) is 17.7 Å². The van der Waals surface area contributed by atoms with Gasteiger partial charge in [0, 0.05) is 12.2 Å². The van der Waals surface area contributed by atoms with Crippen LogP contribution in [-0.4, -0.2) is 30.3 Å². The molecule has 0 heterocycles. The van der Waals surface area contributed by atoms with E-state index in [1.165, 1.54) is 4.90 Å². The Bertz CT molecular complexity index is 401. The molecule has 1 aromatic carbocycles. The molecule has 0 saturated heterocycles. The number of nitrogens with zero attached hydrogens (tertiary/aromatic N) is 1. The van der Waals surface area contributed by atoms with Crippen LogP contribution in [0, 0.1) is 6.92 Å². The number of aliphatic carboxylic acids is 1. The lowest BCUT2D eigenvalue weighted by molar-refractivity contribution is -0.137. The molecular formula is C12H14F3NO2. The number of benzene rings is 1. The maximum atomic E-state index is 12.2. The van der Waals surface area contributed by atoms with Crippen LogP contribution in [0.25, 0.3) is 0 Å². The predicted octanol–water partition coefficient (Wildman–Crippen LogP) is 2.84. The molecule has 0 atom stereocenters. The zero-order valence-corrected chi connectivity index (χ0v) is 9.87. The molecule has 1 rings (SSSR count). The summed E-state index contributed by atoms with van der Waals surface area (Å²) >= 11 is 0. The maximum absolute atomic E-state index is 12.2. The molecule has 0 aliphatic rings. The van der Waals surface area contributed by atoms with Crippen LogP contribution < -0.4 is 4.90 Å². The molecule has 18 heavy (non-hydrogen) atoms. The molecule has 0 saturated carbocycles. The van der Waals surface area contributed by atoms with Gasteiger partial charge in [0.25, 0.3) is 0 Å². The Labute approximate surface area is 103 Å². The summed E-state index contributed by atoms with van der Waals surface area (Å²) in [5.74, 6) is -1.15. The topological polar surface area (TPSA) is 40.5 Å². The van der Waals surface area contributed by atoms with Crippen molar-refractivity contribution in [2.75, 3.05) is 18.0 Å². The number of aryl methyl sites for hydroxylation is 1. The third kappa shape index (κ3) is 5.07. The van der Waals surface area contributed by atoms with Crippen LogP contribution in [0.4, 0.5) is 18.9 Å². The van der Waals surface area contributed by atoms with Gasteiger partial charge in [0.05, 0.1) is 6.42 Å². The van der Waals surface area contributed by atoms with Gasteiger partial charge in [-0.2, -0.15) is 13.2 Å². The van der Waals surface area contributed by atoms with Crippen molar-refractivity contribution in [2.24, 2.45) is 0 Å². The van der Waals surface area contributed by atoms with Crippen LogP contribution >= 0.6 is 0 Å². The van der Waals surface area contributed by atoms with Crippen LogP contribution in [0.2, 0.25) is 0 Å². The number of rotatable bonds is 5. The van der Waals surface area contributed by atoms with Gasteiger partial charge in [0.15, 0.2) is 0 Å². The number of carboxylic acids is 1. The SMILES string of the molecule is Cc1ccc(N(CCC(F)(F)F)CC(=O)O)cc1. The van der Waals surface area contributed by atoms with Crippen LogP contribution in [0.3, 0.4) is 0 Å². The second-order valence-electron chi connectivity index (χ2n) is 4.02. The highest BCUT2D eigenvalue weighted by Crippen LogP contribution is 2.22. The summed E-state index contributed by atoms with van der Waals surface area (Å²) in [5.41, 5.74) is 1.44. The first-order valence-electron chi connectivity index (χ1n) is 5.38. The third-order valence-electron chi connectivity index (χ3n) is 2.39. The summed E-state index contributed by atoms with van der Waals surface area (Å²) in [6.45, 7) is 1.04. The van der Waals surface area contributed by atoms with Crippen molar-refractivity contribution in [1.82, 2.24) is 0 Å². The minimum absolute atomic E-state index is 0.362. The molecule has 0 amide bonds. The van der Waals surface area contributed by atoms with Crippen molar-refractivity contribution >= 4 is 11.7 Å². The Morgan fingerprint density at radius 3 is 2.28 bits per heavy atom. The van der Waals surface area contributed by atoms with Gasteiger partial charge < -0.3 is 10.0 Å². The van der Waals surface area contributed by atoms with Gasteiger partial charge in [-0.3, -0.25) is 4.79 Å². The standard InChI is InChI=1S/C12H14F3NO2/c1-9-2-4-10(5-3-9)16(8-11(17)18)7-6-12(13,14)15/h2-5H,6-8H2,1H3,(H,17,18). The molecule has 1 aromatic rings. The average Bonchev–Trinajstić information content (AvgIpc) is 2.24. The summed E-state index contributed by atoms with van der Waals surface area (Å²) in [6, 6.07) is 6.71. The second kappa shape index (κ2) is 5.75. The molecule has 0 aromatic heterocycles. The van der Waals surface area contributed by atoms with Gasteiger partial charge in [-0.05, 0) is 19.1 Å². The molecule has 0 aliphatic carbocycles. The minimum Gasteiger partial charge on any atom is -0.480 e. The van der Waals surface area contributed by atoms with E-state index in [4.69, 9.17) is 5.11 Å². The van der Waals surface area contributed by atoms with Crippen molar-refractivity contribution in [2.45, 2.75) is 19.5 Å². The number of alkyl halides is 3. The van der Waals surface area contributed by atoms with Crippen molar-refractivity contribution in [3.63, 3.8) is 0 Å². The summed E-state index contributed by atoms with van der Waals surface area (Å²) in [4.78, 5) is 11.9. The number of carbonyl (C=O) groups is 1. The van der Waals surface area contributed by atoms with E-state index in [0.717, 1.165) is 5.56 Å². The van der Waals surface area contributed by atoms with Gasteiger partial charge in [-0.15, -0.1) is 0 Å². The monoisotopic (exact) mass is 261 g/mol. The highest BCUT2D eigenvalue weighted by molar-refractivity contribution is 5.73. The van der Waals surface area contributed by atoms with Crippen LogP contribution in [0.1, 0.15) is 12.0 Å². The van der Waals surface area contributed by atoms with E-state index in [9.17, 15) is 18.0 Å². The third-order valence-corrected chi connectivity index (χ3v) is 2.39. The molecule has 0 aliphatic heterocycles. The van der Waals surface area contributed by atoms with Crippen molar-refractivity contribution in [3.8, 4) is 0 Å². The molecule has 0 radical (unpaired) electrons. The van der Waals surface area contributed by atoms with E-state index in [1.807, 2.05) is 6.92 Å².